The van der Waals surface area contributed by atoms with Crippen LogP contribution in [0.3, 0.4) is 0 Å². The number of methoxy groups -OCH3 is 1. The lowest BCUT2D eigenvalue weighted by Gasteiger charge is -2.40. The van der Waals surface area contributed by atoms with Gasteiger partial charge in [-0.05, 0) is 69.0 Å². The van der Waals surface area contributed by atoms with Gasteiger partial charge in [-0.2, -0.15) is 5.10 Å². The Kier molecular flexibility index (Phi) is 7.47. The molecule has 2 atom stereocenters. The quantitative estimate of drug-likeness (QED) is 0.352. The first kappa shape index (κ1) is 26.9. The van der Waals surface area contributed by atoms with E-state index in [1.807, 2.05) is 27.0 Å². The Hall–Kier alpha value is -3.68. The number of amides is 1. The van der Waals surface area contributed by atoms with Crippen LogP contribution in [0.15, 0.2) is 54.7 Å². The molecule has 0 N–H and O–H groups in total. The molecule has 1 saturated carbocycles. The number of carbonyl (C=O) groups excluding carboxylic acids is 2. The zero-order valence-corrected chi connectivity index (χ0v) is 23.0. The Morgan fingerprint density at radius 2 is 1.64 bits per heavy atom. The number of likely N-dealkylation sites (tertiary alicyclic amines) is 1. The number of ether oxygens (including phenoxy) is 2. The molecular formula is C31H36FN3O4. The second kappa shape index (κ2) is 10.8. The van der Waals surface area contributed by atoms with Crippen LogP contribution in [-0.4, -0.2) is 52.5 Å². The lowest BCUT2D eigenvalue weighted by molar-refractivity contribution is -0.147. The summed E-state index contributed by atoms with van der Waals surface area (Å²) in [7, 11) is 1.44. The van der Waals surface area contributed by atoms with Crippen LogP contribution in [0.2, 0.25) is 0 Å². The summed E-state index contributed by atoms with van der Waals surface area (Å²) in [6.07, 6.45) is 5.33. The summed E-state index contributed by atoms with van der Waals surface area (Å²) in [6.45, 7) is 6.87. The molecule has 1 aromatic heterocycles. The molecule has 39 heavy (non-hydrogen) atoms. The fourth-order valence-electron chi connectivity index (χ4n) is 5.60. The van der Waals surface area contributed by atoms with Crippen molar-refractivity contribution in [3.63, 3.8) is 0 Å². The highest BCUT2D eigenvalue weighted by molar-refractivity contribution is 5.75. The van der Waals surface area contributed by atoms with Gasteiger partial charge in [-0.3, -0.25) is 4.79 Å². The fourth-order valence-corrected chi connectivity index (χ4v) is 5.60. The van der Waals surface area contributed by atoms with E-state index in [1.54, 1.807) is 21.7 Å². The van der Waals surface area contributed by atoms with Crippen LogP contribution >= 0.6 is 0 Å². The molecular weight excluding hydrogens is 497 g/mol. The van der Waals surface area contributed by atoms with Gasteiger partial charge in [-0.25, -0.2) is 13.9 Å². The molecule has 1 aliphatic heterocycles. The topological polar surface area (TPSA) is 73.7 Å². The first-order valence-electron chi connectivity index (χ1n) is 13.6. The van der Waals surface area contributed by atoms with E-state index in [0.29, 0.717) is 13.1 Å². The maximum atomic E-state index is 13.6. The maximum absolute atomic E-state index is 13.6. The van der Waals surface area contributed by atoms with Crippen LogP contribution in [-0.2, 0) is 14.3 Å². The van der Waals surface area contributed by atoms with Crippen LogP contribution < -0.4 is 0 Å². The second-order valence-electron chi connectivity index (χ2n) is 11.6. The summed E-state index contributed by atoms with van der Waals surface area (Å²) >= 11 is 0. The molecule has 206 valence electrons. The van der Waals surface area contributed by atoms with Crippen LogP contribution in [0, 0.1) is 11.7 Å². The Morgan fingerprint density at radius 3 is 2.28 bits per heavy atom. The van der Waals surface area contributed by atoms with E-state index in [-0.39, 0.29) is 35.6 Å². The van der Waals surface area contributed by atoms with Gasteiger partial charge in [0, 0.05) is 36.7 Å². The molecule has 0 spiro atoms. The number of carbonyl (C=O) groups is 2. The lowest BCUT2D eigenvalue weighted by atomic mass is 9.76. The zero-order chi connectivity index (χ0) is 27.7. The number of aromatic nitrogens is 2. The van der Waals surface area contributed by atoms with Crippen molar-refractivity contribution in [1.29, 1.82) is 0 Å². The van der Waals surface area contributed by atoms with E-state index >= 15 is 0 Å². The number of benzene rings is 2. The summed E-state index contributed by atoms with van der Waals surface area (Å²) in [5.41, 5.74) is 4.22. The predicted octanol–water partition coefficient (Wildman–Crippen LogP) is 6.46. The van der Waals surface area contributed by atoms with Crippen molar-refractivity contribution in [3.05, 3.63) is 71.8 Å². The third-order valence-electron chi connectivity index (χ3n) is 7.68. The summed E-state index contributed by atoms with van der Waals surface area (Å²) in [5, 5.41) is 4.95. The monoisotopic (exact) mass is 533 g/mol. The molecule has 8 heteroatoms. The van der Waals surface area contributed by atoms with Gasteiger partial charge in [0.2, 0.25) is 0 Å². The van der Waals surface area contributed by atoms with E-state index in [2.05, 4.69) is 24.3 Å². The van der Waals surface area contributed by atoms with Crippen molar-refractivity contribution in [3.8, 4) is 16.8 Å². The van der Waals surface area contributed by atoms with Crippen molar-refractivity contribution in [2.45, 2.75) is 63.9 Å². The Labute approximate surface area is 228 Å². The first-order chi connectivity index (χ1) is 18.6. The predicted molar refractivity (Wildman–Crippen MR) is 146 cm³/mol. The molecule has 2 heterocycles. The summed E-state index contributed by atoms with van der Waals surface area (Å²) < 4.78 is 26.0. The minimum Gasteiger partial charge on any atom is -0.469 e. The molecule has 1 saturated heterocycles. The third kappa shape index (κ3) is 5.84. The third-order valence-corrected chi connectivity index (χ3v) is 7.68. The minimum absolute atomic E-state index is 0.0587. The van der Waals surface area contributed by atoms with Crippen molar-refractivity contribution < 1.29 is 23.5 Å². The largest absolute Gasteiger partial charge is 0.469 e. The average molecular weight is 534 g/mol. The van der Waals surface area contributed by atoms with Crippen molar-refractivity contribution in [1.82, 2.24) is 14.7 Å². The summed E-state index contributed by atoms with van der Waals surface area (Å²) in [6, 6.07) is 14.6. The highest BCUT2D eigenvalue weighted by Crippen LogP contribution is 2.42. The fraction of sp³-hybridized carbons (Fsp3) is 0.452. The van der Waals surface area contributed by atoms with Gasteiger partial charge < -0.3 is 14.4 Å². The molecule has 0 bridgehead atoms. The number of halogens is 1. The molecule has 5 rings (SSSR count). The van der Waals surface area contributed by atoms with E-state index < -0.39 is 5.60 Å². The summed E-state index contributed by atoms with van der Waals surface area (Å²) in [5.74, 6) is -0.545. The molecule has 1 aliphatic carbocycles. The molecule has 1 amide bonds. The van der Waals surface area contributed by atoms with Gasteiger partial charge in [-0.15, -0.1) is 0 Å². The van der Waals surface area contributed by atoms with Crippen LogP contribution in [0.4, 0.5) is 9.18 Å². The minimum atomic E-state index is -0.509. The first-order valence-corrected chi connectivity index (χ1v) is 13.6. The number of hydrogen-bond acceptors (Lipinski definition) is 5. The van der Waals surface area contributed by atoms with Gasteiger partial charge in [0.1, 0.15) is 11.4 Å². The molecule has 2 aliphatic rings. The van der Waals surface area contributed by atoms with Gasteiger partial charge in [-0.1, -0.05) is 37.1 Å². The van der Waals surface area contributed by atoms with Gasteiger partial charge in [0.25, 0.3) is 0 Å². The van der Waals surface area contributed by atoms with E-state index in [0.717, 1.165) is 53.8 Å². The molecule has 0 radical (unpaired) electrons. The molecule has 2 fully saturated rings. The van der Waals surface area contributed by atoms with Crippen molar-refractivity contribution >= 4 is 12.1 Å². The average Bonchev–Trinajstić information content (AvgIpc) is 3.32. The second-order valence-corrected chi connectivity index (χ2v) is 11.6. The molecule has 2 aromatic carbocycles. The van der Waals surface area contributed by atoms with Gasteiger partial charge >= 0.3 is 12.1 Å². The highest BCUT2D eigenvalue weighted by atomic mass is 19.1. The van der Waals surface area contributed by atoms with Crippen molar-refractivity contribution in [2.24, 2.45) is 5.92 Å². The van der Waals surface area contributed by atoms with E-state index in [9.17, 15) is 14.0 Å². The number of esters is 1. The SMILES string of the molecule is COC(=O)[C@@H]1CCCC[C@H]1c1nn(-c2ccc(F)cc2)cc1-c1ccc(C2CN(C(=O)OC(C)(C)C)C2)cc1. The highest BCUT2D eigenvalue weighted by Gasteiger charge is 2.37. The summed E-state index contributed by atoms with van der Waals surface area (Å²) in [4.78, 5) is 26.7. The normalized spacial score (nSPS) is 19.9. The van der Waals surface area contributed by atoms with Crippen molar-refractivity contribution in [2.75, 3.05) is 20.2 Å². The van der Waals surface area contributed by atoms with Gasteiger partial charge in [0.15, 0.2) is 0 Å². The number of rotatable bonds is 5. The molecule has 3 aromatic rings. The Morgan fingerprint density at radius 1 is 0.974 bits per heavy atom. The zero-order valence-electron chi connectivity index (χ0n) is 23.0. The Balaban J connectivity index is 1.42. The van der Waals surface area contributed by atoms with Crippen LogP contribution in [0.25, 0.3) is 16.8 Å². The smallest absolute Gasteiger partial charge is 0.410 e. The van der Waals surface area contributed by atoms with E-state index in [1.165, 1.54) is 19.2 Å². The van der Waals surface area contributed by atoms with Gasteiger partial charge in [0.05, 0.1) is 24.4 Å². The molecule has 0 unspecified atom stereocenters. The van der Waals surface area contributed by atoms with Crippen LogP contribution in [0.1, 0.15) is 69.5 Å². The Bertz CT molecular complexity index is 1320. The van der Waals surface area contributed by atoms with Crippen LogP contribution in [0.5, 0.6) is 0 Å². The number of hydrogen-bond donors (Lipinski definition) is 0. The van der Waals surface area contributed by atoms with E-state index in [4.69, 9.17) is 14.6 Å². The number of nitrogens with zero attached hydrogens (tertiary/aromatic N) is 3. The maximum Gasteiger partial charge on any atom is 0.410 e. The standard InChI is InChI=1S/C31H36FN3O4/c1-31(2,3)39-30(37)34-17-22(18-34)20-9-11-21(12-10-20)27-19-35(24-15-13-23(32)14-16-24)33-28(27)25-7-5-6-8-26(25)29(36)38-4/h9-16,19,22,25-26H,5-8,17-18H2,1-4H3/t25-,26-/m1/s1. The molecule has 7 nitrogen and oxygen atoms in total. The lowest BCUT2D eigenvalue weighted by Crippen LogP contribution is -2.50.